The number of hydrogen-bond acceptors (Lipinski definition) is 7. The van der Waals surface area contributed by atoms with Crippen molar-refractivity contribution in [2.45, 2.75) is 20.1 Å². The number of primary amides is 1. The first-order valence-electron chi connectivity index (χ1n) is 9.27. The summed E-state index contributed by atoms with van der Waals surface area (Å²) >= 11 is 11.6. The van der Waals surface area contributed by atoms with E-state index in [1.165, 1.54) is 13.8 Å². The molecule has 0 saturated carbocycles. The molecule has 0 atom stereocenters. The van der Waals surface area contributed by atoms with Crippen LogP contribution in [-0.4, -0.2) is 36.0 Å². The molecule has 4 N–H and O–H groups in total. The van der Waals surface area contributed by atoms with Crippen LogP contribution >= 0.6 is 136 Å². The fourth-order valence-corrected chi connectivity index (χ4v) is 10.8. The Morgan fingerprint density at radius 3 is 1.31 bits per heavy atom. The fraction of sp³-hybridized carbons (Fsp3) is 0.150. The van der Waals surface area contributed by atoms with E-state index in [9.17, 15) is 24.0 Å². The van der Waals surface area contributed by atoms with Crippen molar-refractivity contribution in [3.63, 3.8) is 0 Å². The lowest BCUT2D eigenvalue weighted by molar-refractivity contribution is -0.146. The van der Waals surface area contributed by atoms with Crippen molar-refractivity contribution in [2.24, 2.45) is 5.73 Å². The largest absolute Gasteiger partial charge is 0.412 e. The van der Waals surface area contributed by atoms with Gasteiger partial charge in [-0.25, -0.2) is 9.59 Å². The Labute approximate surface area is 286 Å². The second-order valence-corrected chi connectivity index (χ2v) is 13.5. The van der Waals surface area contributed by atoms with Gasteiger partial charge in [0.15, 0.2) is 0 Å². The third kappa shape index (κ3) is 8.09. The van der Waals surface area contributed by atoms with Crippen molar-refractivity contribution in [3.8, 4) is 0 Å². The highest BCUT2D eigenvalue weighted by molar-refractivity contribution is 14.1. The minimum atomic E-state index is -2.03. The van der Waals surface area contributed by atoms with Gasteiger partial charge in [-0.05, 0) is 148 Å². The monoisotopic (exact) mass is 1170 g/mol. The molecule has 2 aromatic rings. The van der Waals surface area contributed by atoms with Gasteiger partial charge in [0.05, 0.1) is 29.6 Å². The summed E-state index contributed by atoms with van der Waals surface area (Å²) in [7, 11) is 0. The molecule has 0 spiro atoms. The number of amides is 3. The standard InChI is InChI=1S/C20H13I6N3O7/c1-5(30)28-15-9(23)3-7(21)11(13(15)25)18(33)35-20(17(27)32)36-19(34)12-8(22)4-10(24)16(14(12)26)29-6(2)31/h3-4,20H,1-2H3,(H2,27,32)(H,28,30)(H,29,31). The molecule has 3 amide bonds. The number of hydrogen-bond donors (Lipinski definition) is 3. The molecule has 0 fully saturated rings. The Bertz CT molecular complexity index is 1210. The SMILES string of the molecule is CC(=O)Nc1c(I)cc(I)c(C(=O)OC(OC(=O)c2c(I)cc(I)c(NC(C)=O)c2I)C(N)=O)c1I. The molecule has 0 bridgehead atoms. The Hall–Kier alpha value is 0.170. The molecule has 0 aliphatic heterocycles. The van der Waals surface area contributed by atoms with Gasteiger partial charge >= 0.3 is 18.2 Å². The Morgan fingerprint density at radius 1 is 0.694 bits per heavy atom. The Morgan fingerprint density at radius 2 is 1.03 bits per heavy atom. The van der Waals surface area contributed by atoms with Gasteiger partial charge in [-0.2, -0.15) is 0 Å². The number of esters is 2. The number of carbonyl (C=O) groups excluding carboxylic acids is 5. The molecular weight excluding hydrogens is 1160 g/mol. The van der Waals surface area contributed by atoms with Crippen LogP contribution in [0.2, 0.25) is 0 Å². The number of carbonyl (C=O) groups is 5. The number of ether oxygens (including phenoxy) is 2. The van der Waals surface area contributed by atoms with Crippen LogP contribution in [-0.2, 0) is 23.9 Å². The molecule has 0 unspecified atom stereocenters. The minimum absolute atomic E-state index is 0.0639. The van der Waals surface area contributed by atoms with Gasteiger partial charge in [0.2, 0.25) is 11.8 Å². The number of nitrogens with two attached hydrogens (primary N) is 1. The highest BCUT2D eigenvalue weighted by Gasteiger charge is 2.31. The van der Waals surface area contributed by atoms with Gasteiger partial charge < -0.3 is 25.8 Å². The highest BCUT2D eigenvalue weighted by Crippen LogP contribution is 2.34. The van der Waals surface area contributed by atoms with Gasteiger partial charge in [-0.3, -0.25) is 14.4 Å². The van der Waals surface area contributed by atoms with E-state index < -0.39 is 24.1 Å². The van der Waals surface area contributed by atoms with Crippen LogP contribution < -0.4 is 16.4 Å². The summed E-state index contributed by atoms with van der Waals surface area (Å²) in [6.45, 7) is 2.66. The van der Waals surface area contributed by atoms with Gasteiger partial charge in [0, 0.05) is 28.1 Å². The Kier molecular flexibility index (Phi) is 12.6. The normalized spacial score (nSPS) is 10.6. The van der Waals surface area contributed by atoms with E-state index in [-0.39, 0.29) is 22.9 Å². The first-order valence-corrected chi connectivity index (χ1v) is 15.7. The summed E-state index contributed by atoms with van der Waals surface area (Å²) in [6, 6.07) is 3.30. The molecule has 36 heavy (non-hydrogen) atoms. The molecule has 0 aliphatic rings. The molecular formula is C20H13I6N3O7. The van der Waals surface area contributed by atoms with Crippen LogP contribution in [0.1, 0.15) is 34.6 Å². The van der Waals surface area contributed by atoms with E-state index >= 15 is 0 Å². The van der Waals surface area contributed by atoms with Crippen molar-refractivity contribution >= 4 is 177 Å². The van der Waals surface area contributed by atoms with Crippen molar-refractivity contribution in [3.05, 3.63) is 44.7 Å². The van der Waals surface area contributed by atoms with Gasteiger partial charge in [0.1, 0.15) is 0 Å². The maximum absolute atomic E-state index is 13.0. The molecule has 192 valence electrons. The molecule has 0 aromatic heterocycles. The number of anilines is 2. The zero-order chi connectivity index (χ0) is 27.5. The fourth-order valence-electron chi connectivity index (χ4n) is 2.59. The van der Waals surface area contributed by atoms with Gasteiger partial charge in [-0.15, -0.1) is 0 Å². The highest BCUT2D eigenvalue weighted by atomic mass is 127. The van der Waals surface area contributed by atoms with Crippen LogP contribution in [0.3, 0.4) is 0 Å². The quantitative estimate of drug-likeness (QED) is 0.199. The molecule has 0 aliphatic carbocycles. The molecule has 2 aromatic carbocycles. The lowest BCUT2D eigenvalue weighted by atomic mass is 10.2. The lowest BCUT2D eigenvalue weighted by Gasteiger charge is -2.19. The van der Waals surface area contributed by atoms with E-state index in [1.54, 1.807) is 12.1 Å². The third-order valence-electron chi connectivity index (χ3n) is 4.01. The summed E-state index contributed by atoms with van der Waals surface area (Å²) in [4.78, 5) is 61.3. The van der Waals surface area contributed by atoms with Crippen molar-refractivity contribution in [1.82, 2.24) is 0 Å². The summed E-state index contributed by atoms with van der Waals surface area (Å²) < 4.78 is 13.5. The number of rotatable bonds is 7. The Balaban J connectivity index is 2.41. The van der Waals surface area contributed by atoms with Gasteiger partial charge in [0.25, 0.3) is 5.91 Å². The van der Waals surface area contributed by atoms with Crippen LogP contribution in [0.15, 0.2) is 12.1 Å². The molecule has 16 heteroatoms. The minimum Gasteiger partial charge on any atom is -0.412 e. The average Bonchev–Trinajstić information content (AvgIpc) is 2.73. The average molecular weight is 1170 g/mol. The van der Waals surface area contributed by atoms with Crippen LogP contribution in [0.5, 0.6) is 0 Å². The van der Waals surface area contributed by atoms with E-state index in [2.05, 4.69) is 10.6 Å². The first kappa shape index (κ1) is 32.4. The predicted octanol–water partition coefficient (Wildman–Crippen LogP) is 5.06. The molecule has 0 radical (unpaired) electrons. The molecule has 0 heterocycles. The summed E-state index contributed by atoms with van der Waals surface area (Å²) in [6.07, 6.45) is -2.03. The summed E-state index contributed by atoms with van der Waals surface area (Å²) in [5, 5.41) is 5.31. The molecule has 2 rings (SSSR count). The topological polar surface area (TPSA) is 154 Å². The molecule has 10 nitrogen and oxygen atoms in total. The second kappa shape index (κ2) is 14.0. The number of nitrogens with one attached hydrogen (secondary N) is 2. The van der Waals surface area contributed by atoms with E-state index in [1.807, 2.05) is 136 Å². The van der Waals surface area contributed by atoms with Crippen LogP contribution in [0, 0.1) is 21.4 Å². The number of halogens is 6. The zero-order valence-corrected chi connectivity index (χ0v) is 30.9. The maximum atomic E-state index is 13.0. The zero-order valence-electron chi connectivity index (χ0n) is 17.9. The van der Waals surface area contributed by atoms with Gasteiger partial charge in [-0.1, -0.05) is 0 Å². The predicted molar refractivity (Wildman–Crippen MR) is 182 cm³/mol. The van der Waals surface area contributed by atoms with Crippen molar-refractivity contribution < 1.29 is 33.4 Å². The smallest absolute Gasteiger partial charge is 0.343 e. The maximum Gasteiger partial charge on any atom is 0.343 e. The van der Waals surface area contributed by atoms with E-state index in [0.717, 1.165) is 0 Å². The van der Waals surface area contributed by atoms with E-state index in [0.29, 0.717) is 32.8 Å². The molecule has 0 saturated heterocycles. The van der Waals surface area contributed by atoms with Crippen molar-refractivity contribution in [2.75, 3.05) is 10.6 Å². The number of benzene rings is 2. The first-order chi connectivity index (χ1) is 16.6. The lowest BCUT2D eigenvalue weighted by Crippen LogP contribution is -2.38. The summed E-state index contributed by atoms with van der Waals surface area (Å²) in [5.74, 6) is -3.83. The summed E-state index contributed by atoms with van der Waals surface area (Å²) in [5.41, 5.74) is 6.29. The van der Waals surface area contributed by atoms with Crippen LogP contribution in [0.4, 0.5) is 11.4 Å². The van der Waals surface area contributed by atoms with Crippen LogP contribution in [0.25, 0.3) is 0 Å². The van der Waals surface area contributed by atoms with E-state index in [4.69, 9.17) is 15.2 Å². The second-order valence-electron chi connectivity index (χ2n) is 6.72. The third-order valence-corrected chi connectivity index (χ3v) is 9.57. The van der Waals surface area contributed by atoms with Crippen molar-refractivity contribution in [1.29, 1.82) is 0 Å².